The highest BCUT2D eigenvalue weighted by Crippen LogP contribution is 2.24. The first-order valence-electron chi connectivity index (χ1n) is 9.12. The van der Waals surface area contributed by atoms with Crippen LogP contribution in [0.25, 0.3) is 22.3 Å². The number of nitrogens with one attached hydrogen (secondary N) is 1. The summed E-state index contributed by atoms with van der Waals surface area (Å²) in [5.41, 5.74) is 3.54. The highest BCUT2D eigenvalue weighted by molar-refractivity contribution is 5.79. The number of nitrogens with zero attached hydrogens (tertiary/aromatic N) is 2. The molecule has 152 valence electrons. The molecular weight excluding hydrogens is 378 g/mol. The molecule has 1 fully saturated rings. The maximum absolute atomic E-state index is 13.1. The van der Waals surface area contributed by atoms with E-state index < -0.39 is 36.2 Å². The minimum Gasteiger partial charge on any atom is -0.388 e. The number of hydrogen-bond acceptors (Lipinski definition) is 8. The summed E-state index contributed by atoms with van der Waals surface area (Å²) >= 11 is 0. The van der Waals surface area contributed by atoms with Crippen molar-refractivity contribution in [3.05, 3.63) is 65.0 Å². The summed E-state index contributed by atoms with van der Waals surface area (Å²) in [5, 5.41) is 40.6. The van der Waals surface area contributed by atoms with E-state index >= 15 is 0 Å². The number of benzene rings is 2. The van der Waals surface area contributed by atoms with Gasteiger partial charge < -0.3 is 30.6 Å². The van der Waals surface area contributed by atoms with E-state index in [1.54, 1.807) is 48.5 Å². The average molecular weight is 399 g/mol. The van der Waals surface area contributed by atoms with Crippen molar-refractivity contribution in [2.24, 2.45) is 0 Å². The molecule has 0 unspecified atom stereocenters. The molecule has 1 aliphatic rings. The summed E-state index contributed by atoms with van der Waals surface area (Å²) in [6.45, 7) is -0.801. The van der Waals surface area contributed by atoms with Gasteiger partial charge in [-0.05, 0) is 12.1 Å². The number of rotatable bonds is 4. The van der Waals surface area contributed by atoms with E-state index in [1.807, 2.05) is 6.07 Å². The minimum absolute atomic E-state index is 0.309. The van der Waals surface area contributed by atoms with E-state index in [0.29, 0.717) is 22.3 Å². The molecule has 2 aromatic carbocycles. The summed E-state index contributed by atoms with van der Waals surface area (Å²) in [7, 11) is 0. The fourth-order valence-corrected chi connectivity index (χ4v) is 3.30. The summed E-state index contributed by atoms with van der Waals surface area (Å²) in [4.78, 5) is 17.6. The Labute approximate surface area is 165 Å². The Morgan fingerprint density at radius 2 is 1.79 bits per heavy atom. The van der Waals surface area contributed by atoms with Gasteiger partial charge in [-0.3, -0.25) is 4.79 Å². The normalized spacial score (nSPS) is 27.1. The monoisotopic (exact) mass is 399 g/mol. The second-order valence-corrected chi connectivity index (χ2v) is 6.95. The Morgan fingerprint density at radius 3 is 2.55 bits per heavy atom. The fourth-order valence-electron chi connectivity index (χ4n) is 3.30. The maximum Gasteiger partial charge on any atom is 0.280 e. The van der Waals surface area contributed by atoms with Gasteiger partial charge in [-0.15, -0.1) is 0 Å². The summed E-state index contributed by atoms with van der Waals surface area (Å²) in [5.74, 6) is -1.90. The van der Waals surface area contributed by atoms with E-state index in [0.717, 1.165) is 0 Å². The van der Waals surface area contributed by atoms with Crippen LogP contribution in [-0.4, -0.2) is 67.3 Å². The zero-order valence-electron chi connectivity index (χ0n) is 15.3. The van der Waals surface area contributed by atoms with Crippen LogP contribution < -0.4 is 11.0 Å². The van der Waals surface area contributed by atoms with Gasteiger partial charge in [0, 0.05) is 5.56 Å². The Morgan fingerprint density at radius 1 is 1.10 bits per heavy atom. The molecule has 2 heterocycles. The van der Waals surface area contributed by atoms with Crippen LogP contribution in [0, 0.1) is 0 Å². The first-order valence-corrected chi connectivity index (χ1v) is 9.12. The van der Waals surface area contributed by atoms with Gasteiger partial charge in [-0.2, -0.15) is 0 Å². The van der Waals surface area contributed by atoms with Crippen LogP contribution in [0.15, 0.2) is 59.4 Å². The van der Waals surface area contributed by atoms with Crippen molar-refractivity contribution < 1.29 is 25.2 Å². The quantitative estimate of drug-likeness (QED) is 0.393. The first kappa shape index (κ1) is 19.5. The third-order valence-corrected chi connectivity index (χ3v) is 4.98. The van der Waals surface area contributed by atoms with Gasteiger partial charge in [-0.25, -0.2) is 9.66 Å². The van der Waals surface area contributed by atoms with E-state index in [1.165, 1.54) is 4.68 Å². The first-order chi connectivity index (χ1) is 13.9. The maximum atomic E-state index is 13.1. The molecule has 0 saturated carbocycles. The van der Waals surface area contributed by atoms with Gasteiger partial charge in [0.2, 0.25) is 5.79 Å². The Kier molecular flexibility index (Phi) is 5.07. The molecule has 3 aromatic rings. The summed E-state index contributed by atoms with van der Waals surface area (Å²) < 4.78 is 6.32. The van der Waals surface area contributed by atoms with E-state index in [4.69, 9.17) is 4.74 Å². The number of aliphatic hydroxyl groups excluding tert-OH is 3. The molecule has 0 radical (unpaired) electrons. The third-order valence-electron chi connectivity index (χ3n) is 4.98. The Hall–Kier alpha value is -2.82. The number of aliphatic hydroxyl groups is 4. The van der Waals surface area contributed by atoms with E-state index in [2.05, 4.69) is 10.4 Å². The molecule has 29 heavy (non-hydrogen) atoms. The number of ether oxygens (including phenoxy) is 1. The van der Waals surface area contributed by atoms with E-state index in [9.17, 15) is 25.2 Å². The summed E-state index contributed by atoms with van der Waals surface area (Å²) in [6, 6.07) is 15.9. The predicted octanol–water partition coefficient (Wildman–Crippen LogP) is -0.592. The molecule has 0 aliphatic carbocycles. The SMILES string of the molecule is O=c1c2ccccc2nc(-c2ccccc2)n1NC[C@]1(O)OC[C@@H](O)[C@@H](O)[C@@H]1O. The molecule has 0 bridgehead atoms. The fraction of sp³-hybridized carbons (Fsp3) is 0.300. The predicted molar refractivity (Wildman–Crippen MR) is 105 cm³/mol. The van der Waals surface area contributed by atoms with Gasteiger partial charge in [0.05, 0.1) is 24.1 Å². The lowest BCUT2D eigenvalue weighted by atomic mass is 9.97. The zero-order chi connectivity index (χ0) is 20.6. The minimum atomic E-state index is -2.21. The van der Waals surface area contributed by atoms with Crippen LogP contribution in [0.1, 0.15) is 0 Å². The molecule has 0 amide bonds. The van der Waals surface area contributed by atoms with Crippen LogP contribution in [-0.2, 0) is 4.74 Å². The van der Waals surface area contributed by atoms with Gasteiger partial charge in [0.15, 0.2) is 5.82 Å². The highest BCUT2D eigenvalue weighted by Gasteiger charge is 2.48. The van der Waals surface area contributed by atoms with Crippen molar-refractivity contribution in [2.75, 3.05) is 18.6 Å². The second kappa shape index (κ2) is 7.54. The number of hydrogen-bond donors (Lipinski definition) is 5. The molecule has 9 nitrogen and oxygen atoms in total. The Bertz CT molecular complexity index is 1070. The topological polar surface area (TPSA) is 137 Å². The lowest BCUT2D eigenvalue weighted by Gasteiger charge is -2.41. The van der Waals surface area contributed by atoms with Gasteiger partial charge in [0.25, 0.3) is 5.56 Å². The number of fused-ring (bicyclic) bond motifs is 1. The Balaban J connectivity index is 1.75. The van der Waals surface area contributed by atoms with Crippen molar-refractivity contribution in [3.8, 4) is 11.4 Å². The van der Waals surface area contributed by atoms with E-state index in [-0.39, 0.29) is 6.61 Å². The lowest BCUT2D eigenvalue weighted by Crippen LogP contribution is -2.64. The average Bonchev–Trinajstić information content (AvgIpc) is 2.75. The molecule has 1 aliphatic heterocycles. The van der Waals surface area contributed by atoms with Gasteiger partial charge >= 0.3 is 0 Å². The molecule has 5 N–H and O–H groups in total. The van der Waals surface area contributed by atoms with Crippen LogP contribution in [0.2, 0.25) is 0 Å². The number of para-hydroxylation sites is 1. The summed E-state index contributed by atoms with van der Waals surface area (Å²) in [6.07, 6.45) is -4.69. The van der Waals surface area contributed by atoms with Gasteiger partial charge in [0.1, 0.15) is 18.3 Å². The number of aromatic nitrogens is 2. The van der Waals surface area contributed by atoms with Crippen LogP contribution in [0.3, 0.4) is 0 Å². The van der Waals surface area contributed by atoms with Gasteiger partial charge in [-0.1, -0.05) is 42.5 Å². The van der Waals surface area contributed by atoms with Crippen molar-refractivity contribution in [3.63, 3.8) is 0 Å². The van der Waals surface area contributed by atoms with Crippen LogP contribution in [0.4, 0.5) is 0 Å². The largest absolute Gasteiger partial charge is 0.388 e. The zero-order valence-corrected chi connectivity index (χ0v) is 15.3. The molecular formula is C20H21N3O6. The second-order valence-electron chi connectivity index (χ2n) is 6.95. The third kappa shape index (κ3) is 3.50. The molecule has 1 aromatic heterocycles. The molecule has 4 rings (SSSR count). The van der Waals surface area contributed by atoms with Crippen molar-refractivity contribution in [2.45, 2.75) is 24.1 Å². The molecule has 1 saturated heterocycles. The van der Waals surface area contributed by atoms with Crippen molar-refractivity contribution >= 4 is 10.9 Å². The molecule has 9 heteroatoms. The van der Waals surface area contributed by atoms with Crippen LogP contribution >= 0.6 is 0 Å². The standard InChI is InChI=1S/C20H21N3O6/c24-15-10-29-20(28,17(26)16(15)25)11-21-23-18(12-6-2-1-3-7-12)22-14-9-5-4-8-13(14)19(23)27/h1-9,15-17,21,24-26,28H,10-11H2/t15-,16-,17+,20+/m1/s1. The van der Waals surface area contributed by atoms with Crippen molar-refractivity contribution in [1.29, 1.82) is 0 Å². The smallest absolute Gasteiger partial charge is 0.280 e. The molecule has 4 atom stereocenters. The highest BCUT2D eigenvalue weighted by atomic mass is 16.6. The van der Waals surface area contributed by atoms with Crippen LogP contribution in [0.5, 0.6) is 0 Å². The van der Waals surface area contributed by atoms with Crippen molar-refractivity contribution in [1.82, 2.24) is 9.66 Å². The lowest BCUT2D eigenvalue weighted by molar-refractivity contribution is -0.314. The molecule has 0 spiro atoms.